The number of urea groups is 1. The number of nitrogens with one attached hydrogen (secondary N) is 2. The van der Waals surface area contributed by atoms with Crippen LogP contribution >= 0.6 is 0 Å². The molecule has 0 saturated heterocycles. The van der Waals surface area contributed by atoms with Gasteiger partial charge in [0.2, 0.25) is 10.0 Å². The van der Waals surface area contributed by atoms with Gasteiger partial charge >= 0.3 is 6.03 Å². The van der Waals surface area contributed by atoms with Crippen LogP contribution in [0.2, 0.25) is 0 Å². The minimum Gasteiger partial charge on any atom is -0.332 e. The molecule has 2 aromatic carbocycles. The molecule has 0 aromatic heterocycles. The second kappa shape index (κ2) is 7.79. The number of primary sulfonamides is 1. The van der Waals surface area contributed by atoms with E-state index in [0.717, 1.165) is 12.1 Å². The summed E-state index contributed by atoms with van der Waals surface area (Å²) in [6, 6.07) is 7.17. The van der Waals surface area contributed by atoms with Gasteiger partial charge in [-0.3, -0.25) is 0 Å². The number of benzene rings is 2. The Balaban J connectivity index is 2.05. The third-order valence-electron chi connectivity index (χ3n) is 3.81. The average molecular weight is 383 g/mol. The third-order valence-corrected chi connectivity index (χ3v) is 4.72. The summed E-state index contributed by atoms with van der Waals surface area (Å²) >= 11 is 0. The largest absolute Gasteiger partial charge is 0.332 e. The molecule has 0 radical (unpaired) electrons. The fourth-order valence-electron chi connectivity index (χ4n) is 2.41. The van der Waals surface area contributed by atoms with Gasteiger partial charge in [-0.2, -0.15) is 0 Å². The van der Waals surface area contributed by atoms with Crippen molar-refractivity contribution in [2.24, 2.45) is 5.14 Å². The first-order chi connectivity index (χ1) is 12.1. The summed E-state index contributed by atoms with van der Waals surface area (Å²) in [5.74, 6) is -1.46. The molecule has 140 valence electrons. The molecule has 0 aliphatic carbocycles. The predicted octanol–water partition coefficient (Wildman–Crippen LogP) is 2.73. The quantitative estimate of drug-likeness (QED) is 0.740. The molecule has 6 nitrogen and oxygen atoms in total. The van der Waals surface area contributed by atoms with Gasteiger partial charge in [0.1, 0.15) is 11.6 Å². The lowest BCUT2D eigenvalue weighted by molar-refractivity contribution is 0.234. The van der Waals surface area contributed by atoms with Gasteiger partial charge < -0.3 is 10.6 Å². The molecule has 2 amide bonds. The molecular weight excluding hydrogens is 364 g/mol. The molecular formula is C17H19F2N3O3S. The van der Waals surface area contributed by atoms with Crippen LogP contribution in [0.15, 0.2) is 47.4 Å². The van der Waals surface area contributed by atoms with E-state index >= 15 is 0 Å². The molecule has 2 atom stereocenters. The van der Waals surface area contributed by atoms with Crippen molar-refractivity contribution in [1.29, 1.82) is 0 Å². The second-order valence-electron chi connectivity index (χ2n) is 5.84. The third kappa shape index (κ3) is 4.99. The highest BCUT2D eigenvalue weighted by atomic mass is 32.2. The van der Waals surface area contributed by atoms with Crippen LogP contribution in [0.3, 0.4) is 0 Å². The SMILES string of the molecule is CC(NC(=O)NC(C)c1ccc(F)cc1F)c1cccc(S(N)(=O)=O)c1. The zero-order valence-electron chi connectivity index (χ0n) is 14.2. The van der Waals surface area contributed by atoms with E-state index in [1.165, 1.54) is 24.3 Å². The van der Waals surface area contributed by atoms with Gasteiger partial charge in [-0.05, 0) is 37.6 Å². The number of carbonyl (C=O) groups excluding carboxylic acids is 1. The molecule has 0 bridgehead atoms. The Bertz CT molecular complexity index is 919. The van der Waals surface area contributed by atoms with Crippen LogP contribution in [-0.4, -0.2) is 14.4 Å². The summed E-state index contributed by atoms with van der Waals surface area (Å²) in [4.78, 5) is 12.0. The van der Waals surface area contributed by atoms with Crippen molar-refractivity contribution in [2.75, 3.05) is 0 Å². The molecule has 9 heteroatoms. The predicted molar refractivity (Wildman–Crippen MR) is 92.7 cm³/mol. The van der Waals surface area contributed by atoms with E-state index in [4.69, 9.17) is 5.14 Å². The summed E-state index contributed by atoms with van der Waals surface area (Å²) in [6.45, 7) is 3.22. The van der Waals surface area contributed by atoms with E-state index in [0.29, 0.717) is 5.56 Å². The lowest BCUT2D eigenvalue weighted by atomic mass is 10.1. The van der Waals surface area contributed by atoms with Crippen molar-refractivity contribution in [1.82, 2.24) is 10.6 Å². The molecule has 4 N–H and O–H groups in total. The van der Waals surface area contributed by atoms with Gasteiger partial charge in [-0.25, -0.2) is 27.1 Å². The maximum absolute atomic E-state index is 13.8. The number of rotatable bonds is 5. The van der Waals surface area contributed by atoms with Crippen molar-refractivity contribution >= 4 is 16.1 Å². The van der Waals surface area contributed by atoms with Crippen LogP contribution in [0.1, 0.15) is 37.1 Å². The van der Waals surface area contributed by atoms with Crippen LogP contribution in [0.5, 0.6) is 0 Å². The van der Waals surface area contributed by atoms with Crippen molar-refractivity contribution in [3.63, 3.8) is 0 Å². The highest BCUT2D eigenvalue weighted by Gasteiger charge is 2.17. The fourth-order valence-corrected chi connectivity index (χ4v) is 2.98. The Hall–Kier alpha value is -2.52. The van der Waals surface area contributed by atoms with Gasteiger partial charge in [0.05, 0.1) is 17.0 Å². The number of sulfonamides is 1. The number of amides is 2. The molecule has 2 aromatic rings. The lowest BCUT2D eigenvalue weighted by Gasteiger charge is -2.19. The van der Waals surface area contributed by atoms with Gasteiger partial charge in [0.15, 0.2) is 0 Å². The molecule has 0 fully saturated rings. The Labute approximate surface area is 150 Å². The number of halogens is 2. The first-order valence-electron chi connectivity index (χ1n) is 7.72. The van der Waals surface area contributed by atoms with Crippen molar-refractivity contribution < 1.29 is 22.0 Å². The van der Waals surface area contributed by atoms with E-state index in [1.54, 1.807) is 19.9 Å². The monoisotopic (exact) mass is 383 g/mol. The Morgan fingerprint density at radius 3 is 2.31 bits per heavy atom. The van der Waals surface area contributed by atoms with Gasteiger partial charge in [0.25, 0.3) is 0 Å². The summed E-state index contributed by atoms with van der Waals surface area (Å²) < 4.78 is 49.5. The molecule has 0 heterocycles. The van der Waals surface area contributed by atoms with E-state index in [2.05, 4.69) is 10.6 Å². The van der Waals surface area contributed by atoms with Crippen LogP contribution in [0, 0.1) is 11.6 Å². The Kier molecular flexibility index (Phi) is 5.94. The smallest absolute Gasteiger partial charge is 0.315 e. The van der Waals surface area contributed by atoms with Crippen LogP contribution in [-0.2, 0) is 10.0 Å². The highest BCUT2D eigenvalue weighted by Crippen LogP contribution is 2.19. The minimum absolute atomic E-state index is 0.0641. The topological polar surface area (TPSA) is 101 Å². The molecule has 0 saturated carbocycles. The van der Waals surface area contributed by atoms with Crippen molar-refractivity contribution in [3.05, 3.63) is 65.2 Å². The van der Waals surface area contributed by atoms with Gasteiger partial charge in [-0.1, -0.05) is 18.2 Å². The van der Waals surface area contributed by atoms with Crippen LogP contribution < -0.4 is 15.8 Å². The van der Waals surface area contributed by atoms with E-state index < -0.39 is 39.8 Å². The van der Waals surface area contributed by atoms with E-state index in [1.807, 2.05) is 0 Å². The van der Waals surface area contributed by atoms with Gasteiger partial charge in [-0.15, -0.1) is 0 Å². The van der Waals surface area contributed by atoms with Crippen molar-refractivity contribution in [3.8, 4) is 0 Å². The Morgan fingerprint density at radius 1 is 1.04 bits per heavy atom. The lowest BCUT2D eigenvalue weighted by Crippen LogP contribution is -2.38. The highest BCUT2D eigenvalue weighted by molar-refractivity contribution is 7.89. The number of nitrogens with two attached hydrogens (primary N) is 1. The second-order valence-corrected chi connectivity index (χ2v) is 7.41. The standard InChI is InChI=1S/C17H19F2N3O3S/c1-10(12-4-3-5-14(8-12)26(20,24)25)21-17(23)22-11(2)15-7-6-13(18)9-16(15)19/h3-11H,1-2H3,(H2,20,24,25)(H2,21,22,23). The maximum atomic E-state index is 13.8. The molecule has 0 aliphatic heterocycles. The molecule has 0 aliphatic rings. The fraction of sp³-hybridized carbons (Fsp3) is 0.235. The van der Waals surface area contributed by atoms with E-state index in [-0.39, 0.29) is 10.5 Å². The molecule has 26 heavy (non-hydrogen) atoms. The average Bonchev–Trinajstić information content (AvgIpc) is 2.53. The summed E-state index contributed by atoms with van der Waals surface area (Å²) in [7, 11) is -3.85. The molecule has 2 unspecified atom stereocenters. The number of hydrogen-bond donors (Lipinski definition) is 3. The summed E-state index contributed by atoms with van der Waals surface area (Å²) in [5, 5.41) is 10.3. The summed E-state index contributed by atoms with van der Waals surface area (Å²) in [6.07, 6.45) is 0. The summed E-state index contributed by atoms with van der Waals surface area (Å²) in [5.41, 5.74) is 0.678. The first kappa shape index (κ1) is 19.8. The van der Waals surface area contributed by atoms with Crippen LogP contribution in [0.25, 0.3) is 0 Å². The minimum atomic E-state index is -3.85. The van der Waals surface area contributed by atoms with Gasteiger partial charge in [0, 0.05) is 11.6 Å². The first-order valence-corrected chi connectivity index (χ1v) is 9.27. The molecule has 0 spiro atoms. The normalized spacial score (nSPS) is 13.7. The maximum Gasteiger partial charge on any atom is 0.315 e. The zero-order chi connectivity index (χ0) is 19.5. The number of carbonyl (C=O) groups is 1. The Morgan fingerprint density at radius 2 is 1.69 bits per heavy atom. The zero-order valence-corrected chi connectivity index (χ0v) is 15.0. The van der Waals surface area contributed by atoms with Crippen molar-refractivity contribution in [2.45, 2.75) is 30.8 Å². The molecule has 2 rings (SSSR count). The van der Waals surface area contributed by atoms with E-state index in [9.17, 15) is 22.0 Å². The number of hydrogen-bond acceptors (Lipinski definition) is 3. The van der Waals surface area contributed by atoms with Crippen LogP contribution in [0.4, 0.5) is 13.6 Å².